The molecule has 1 aliphatic heterocycles. The zero-order valence-electron chi connectivity index (χ0n) is 12.0. The smallest absolute Gasteiger partial charge is 0.150 e. The monoisotopic (exact) mass is 251 g/mol. The predicted molar refractivity (Wildman–Crippen MR) is 75.9 cm³/mol. The Hall–Kier alpha value is -1.23. The Morgan fingerprint density at radius 1 is 1.33 bits per heavy atom. The van der Waals surface area contributed by atoms with Crippen LogP contribution < -0.4 is 10.6 Å². The number of nitrogens with zero attached hydrogens (tertiary/aromatic N) is 4. The normalized spacial score (nSPS) is 18.2. The molecule has 0 saturated carbocycles. The number of hydrogen-bond donors (Lipinski definition) is 1. The Morgan fingerprint density at radius 2 is 1.94 bits per heavy atom. The molecule has 0 radical (unpaired) electrons. The lowest BCUT2D eigenvalue weighted by Gasteiger charge is -2.36. The van der Waals surface area contributed by atoms with Crippen molar-refractivity contribution < 1.29 is 0 Å². The molecule has 5 heteroatoms. The summed E-state index contributed by atoms with van der Waals surface area (Å²) >= 11 is 0. The molecule has 2 N–H and O–H groups in total. The van der Waals surface area contributed by atoms with Gasteiger partial charge in [-0.25, -0.2) is 0 Å². The summed E-state index contributed by atoms with van der Waals surface area (Å²) in [6.07, 6.45) is 3.28. The minimum absolute atomic E-state index is 0.573. The van der Waals surface area contributed by atoms with Crippen LogP contribution in [0.2, 0.25) is 0 Å². The molecule has 0 amide bonds. The number of anilines is 2. The Bertz CT molecular complexity index is 404. The van der Waals surface area contributed by atoms with E-state index in [2.05, 4.69) is 35.9 Å². The summed E-state index contributed by atoms with van der Waals surface area (Å²) in [6.45, 7) is 4.42. The van der Waals surface area contributed by atoms with E-state index in [-0.39, 0.29) is 0 Å². The molecular weight excluding hydrogens is 226 g/mol. The van der Waals surface area contributed by atoms with E-state index in [9.17, 15) is 0 Å². The molecule has 0 aliphatic carbocycles. The average Bonchev–Trinajstić information content (AvgIpc) is 2.64. The number of nitrogen functional groups attached to an aromatic ring is 1. The van der Waals surface area contributed by atoms with Crippen LogP contribution in [0.1, 0.15) is 25.5 Å². The largest absolute Gasteiger partial charge is 0.394 e. The van der Waals surface area contributed by atoms with Crippen molar-refractivity contribution in [1.82, 2.24) is 14.7 Å². The van der Waals surface area contributed by atoms with E-state index in [1.807, 2.05) is 11.7 Å². The minimum atomic E-state index is 0.573. The lowest BCUT2D eigenvalue weighted by atomic mass is 10.0. The number of hydrogen-bond acceptors (Lipinski definition) is 4. The third-order valence-corrected chi connectivity index (χ3v) is 4.03. The van der Waals surface area contributed by atoms with Crippen molar-refractivity contribution in [3.05, 3.63) is 5.69 Å². The topological polar surface area (TPSA) is 50.3 Å². The van der Waals surface area contributed by atoms with Gasteiger partial charge in [-0.2, -0.15) is 5.10 Å². The molecule has 18 heavy (non-hydrogen) atoms. The lowest BCUT2D eigenvalue weighted by molar-refractivity contribution is 0.252. The third-order valence-electron chi connectivity index (χ3n) is 4.03. The average molecular weight is 251 g/mol. The zero-order chi connectivity index (χ0) is 13.3. The molecule has 1 aliphatic rings. The number of aryl methyl sites for hydroxylation is 2. The molecule has 2 heterocycles. The molecule has 0 bridgehead atoms. The van der Waals surface area contributed by atoms with Gasteiger partial charge in [0.15, 0.2) is 0 Å². The second-order valence-corrected chi connectivity index (χ2v) is 5.31. The van der Waals surface area contributed by atoms with Gasteiger partial charge in [0.1, 0.15) is 5.82 Å². The SMILES string of the molecule is CCc1nn(C)c(N(C)C2CCN(C)CC2)c1N. The summed E-state index contributed by atoms with van der Waals surface area (Å²) in [4.78, 5) is 4.70. The number of piperidine rings is 1. The van der Waals surface area contributed by atoms with Gasteiger partial charge in [-0.3, -0.25) is 4.68 Å². The van der Waals surface area contributed by atoms with E-state index in [4.69, 9.17) is 5.73 Å². The van der Waals surface area contributed by atoms with Crippen molar-refractivity contribution >= 4 is 11.5 Å². The Labute approximate surface area is 110 Å². The second-order valence-electron chi connectivity index (χ2n) is 5.31. The van der Waals surface area contributed by atoms with Gasteiger partial charge in [0.2, 0.25) is 0 Å². The van der Waals surface area contributed by atoms with Gasteiger partial charge in [0.05, 0.1) is 11.4 Å². The van der Waals surface area contributed by atoms with E-state index in [0.29, 0.717) is 6.04 Å². The van der Waals surface area contributed by atoms with Gasteiger partial charge < -0.3 is 15.5 Å². The number of aromatic nitrogens is 2. The molecule has 1 aromatic rings. The molecule has 5 nitrogen and oxygen atoms in total. The Morgan fingerprint density at radius 3 is 2.44 bits per heavy atom. The summed E-state index contributed by atoms with van der Waals surface area (Å²) in [6, 6.07) is 0.573. The molecule has 1 fully saturated rings. The highest BCUT2D eigenvalue weighted by molar-refractivity contribution is 5.66. The van der Waals surface area contributed by atoms with Gasteiger partial charge in [-0.05, 0) is 39.4 Å². The molecule has 1 saturated heterocycles. The van der Waals surface area contributed by atoms with Gasteiger partial charge in [0, 0.05) is 20.1 Å². The third kappa shape index (κ3) is 2.32. The summed E-state index contributed by atoms with van der Waals surface area (Å²) in [7, 11) is 6.31. The standard InChI is InChI=1S/C13H25N5/c1-5-11-12(14)13(18(4)15-11)17(3)10-6-8-16(2)9-7-10/h10H,5-9,14H2,1-4H3. The molecule has 0 atom stereocenters. The number of rotatable bonds is 3. The van der Waals surface area contributed by atoms with Crippen LogP contribution in [0.25, 0.3) is 0 Å². The Kier molecular flexibility index (Phi) is 3.80. The van der Waals surface area contributed by atoms with Gasteiger partial charge in [-0.1, -0.05) is 6.92 Å². The highest BCUT2D eigenvalue weighted by atomic mass is 15.4. The first-order chi connectivity index (χ1) is 8.54. The van der Waals surface area contributed by atoms with E-state index in [1.165, 1.54) is 12.8 Å². The highest BCUT2D eigenvalue weighted by Gasteiger charge is 2.25. The number of nitrogens with two attached hydrogens (primary N) is 1. The molecule has 0 spiro atoms. The van der Waals surface area contributed by atoms with Crippen LogP contribution in [0.5, 0.6) is 0 Å². The van der Waals surface area contributed by atoms with Crippen molar-refractivity contribution in [3.8, 4) is 0 Å². The van der Waals surface area contributed by atoms with Crippen molar-refractivity contribution in [1.29, 1.82) is 0 Å². The molecule has 0 aromatic carbocycles. The van der Waals surface area contributed by atoms with Crippen LogP contribution in [-0.2, 0) is 13.5 Å². The van der Waals surface area contributed by atoms with Crippen LogP contribution in [0, 0.1) is 0 Å². The first kappa shape index (κ1) is 13.2. The maximum atomic E-state index is 6.21. The maximum Gasteiger partial charge on any atom is 0.150 e. The van der Waals surface area contributed by atoms with Gasteiger partial charge in [0.25, 0.3) is 0 Å². The fourth-order valence-corrected chi connectivity index (χ4v) is 2.82. The van der Waals surface area contributed by atoms with E-state index >= 15 is 0 Å². The number of likely N-dealkylation sites (tertiary alicyclic amines) is 1. The summed E-state index contributed by atoms with van der Waals surface area (Å²) in [5, 5.41) is 4.50. The summed E-state index contributed by atoms with van der Waals surface area (Å²) in [5.41, 5.74) is 8.07. The molecule has 1 aromatic heterocycles. The van der Waals surface area contributed by atoms with E-state index in [1.54, 1.807) is 0 Å². The first-order valence-corrected chi connectivity index (χ1v) is 6.77. The predicted octanol–water partition coefficient (Wildman–Crippen LogP) is 1.10. The van der Waals surface area contributed by atoms with Gasteiger partial charge >= 0.3 is 0 Å². The van der Waals surface area contributed by atoms with Crippen molar-refractivity contribution in [2.24, 2.45) is 7.05 Å². The van der Waals surface area contributed by atoms with Crippen LogP contribution in [0.4, 0.5) is 11.5 Å². The first-order valence-electron chi connectivity index (χ1n) is 6.77. The van der Waals surface area contributed by atoms with Crippen molar-refractivity contribution in [2.75, 3.05) is 37.8 Å². The van der Waals surface area contributed by atoms with Gasteiger partial charge in [-0.15, -0.1) is 0 Å². The van der Waals surface area contributed by atoms with Crippen LogP contribution in [0.15, 0.2) is 0 Å². The quantitative estimate of drug-likeness (QED) is 0.874. The second kappa shape index (κ2) is 5.18. The molecule has 2 rings (SSSR count). The van der Waals surface area contributed by atoms with E-state index in [0.717, 1.165) is 36.7 Å². The molecular formula is C13H25N5. The molecule has 102 valence electrons. The fourth-order valence-electron chi connectivity index (χ4n) is 2.82. The maximum absolute atomic E-state index is 6.21. The van der Waals surface area contributed by atoms with Crippen LogP contribution in [-0.4, -0.2) is 47.9 Å². The zero-order valence-corrected chi connectivity index (χ0v) is 12.0. The van der Waals surface area contributed by atoms with Crippen LogP contribution >= 0.6 is 0 Å². The minimum Gasteiger partial charge on any atom is -0.394 e. The van der Waals surface area contributed by atoms with Crippen molar-refractivity contribution in [2.45, 2.75) is 32.2 Å². The summed E-state index contributed by atoms with van der Waals surface area (Å²) in [5.74, 6) is 1.07. The molecule has 0 unspecified atom stereocenters. The fraction of sp³-hybridized carbons (Fsp3) is 0.769. The van der Waals surface area contributed by atoms with Crippen molar-refractivity contribution in [3.63, 3.8) is 0 Å². The Balaban J connectivity index is 2.18. The van der Waals surface area contributed by atoms with Crippen LogP contribution in [0.3, 0.4) is 0 Å². The summed E-state index contributed by atoms with van der Waals surface area (Å²) < 4.78 is 1.92. The van der Waals surface area contributed by atoms with E-state index < -0.39 is 0 Å². The highest BCUT2D eigenvalue weighted by Crippen LogP contribution is 2.29. The lowest BCUT2D eigenvalue weighted by Crippen LogP contribution is -2.42.